The lowest BCUT2D eigenvalue weighted by molar-refractivity contribution is 0.593. The molecule has 1 atom stereocenters. The molecule has 0 aliphatic rings. The topological polar surface area (TPSA) is 98.2 Å². The van der Waals surface area contributed by atoms with Crippen LogP contribution in [0.5, 0.6) is 0 Å². The Morgan fingerprint density at radius 2 is 2.06 bits per heavy atom. The van der Waals surface area contributed by atoms with E-state index in [9.17, 15) is 8.42 Å². The molecule has 0 bridgehead atoms. The SMILES string of the molecule is CCC(C)CNc1ccc(S(N)(=O)=O)c(N)c1. The summed E-state index contributed by atoms with van der Waals surface area (Å²) in [6.07, 6.45) is 1.08. The third-order valence-corrected chi connectivity index (χ3v) is 3.65. The van der Waals surface area contributed by atoms with E-state index >= 15 is 0 Å². The van der Waals surface area contributed by atoms with E-state index in [0.717, 1.165) is 18.7 Å². The van der Waals surface area contributed by atoms with Gasteiger partial charge in [0.05, 0.1) is 5.69 Å². The Balaban J connectivity index is 2.83. The van der Waals surface area contributed by atoms with Crippen molar-refractivity contribution in [1.82, 2.24) is 0 Å². The number of hydrogen-bond acceptors (Lipinski definition) is 4. The lowest BCUT2D eigenvalue weighted by Gasteiger charge is -2.12. The maximum absolute atomic E-state index is 11.2. The molecule has 96 valence electrons. The molecule has 0 spiro atoms. The summed E-state index contributed by atoms with van der Waals surface area (Å²) in [4.78, 5) is -0.0356. The highest BCUT2D eigenvalue weighted by Crippen LogP contribution is 2.21. The second kappa shape index (κ2) is 5.37. The Hall–Kier alpha value is -1.27. The third kappa shape index (κ3) is 3.90. The first-order chi connectivity index (χ1) is 7.84. The molecule has 0 aliphatic heterocycles. The maximum Gasteiger partial charge on any atom is 0.240 e. The molecular weight excluding hydrogens is 238 g/mol. The van der Waals surface area contributed by atoms with Gasteiger partial charge in [-0.15, -0.1) is 0 Å². The van der Waals surface area contributed by atoms with Crippen molar-refractivity contribution >= 4 is 21.4 Å². The largest absolute Gasteiger partial charge is 0.398 e. The van der Waals surface area contributed by atoms with Crippen LogP contribution in [0.4, 0.5) is 11.4 Å². The fraction of sp³-hybridized carbons (Fsp3) is 0.455. The highest BCUT2D eigenvalue weighted by Gasteiger charge is 2.12. The van der Waals surface area contributed by atoms with Gasteiger partial charge in [-0.1, -0.05) is 20.3 Å². The summed E-state index contributed by atoms with van der Waals surface area (Å²) in [6.45, 7) is 5.07. The van der Waals surface area contributed by atoms with Crippen LogP contribution in [-0.4, -0.2) is 15.0 Å². The average Bonchev–Trinajstić information content (AvgIpc) is 2.24. The summed E-state index contributed by atoms with van der Waals surface area (Å²) >= 11 is 0. The van der Waals surface area contributed by atoms with E-state index in [-0.39, 0.29) is 10.6 Å². The minimum absolute atomic E-state index is 0.0356. The van der Waals surface area contributed by atoms with Gasteiger partial charge in [0.25, 0.3) is 0 Å². The summed E-state index contributed by atoms with van der Waals surface area (Å²) in [5, 5.41) is 8.22. The standard InChI is InChI=1S/C11H19N3O2S/c1-3-8(2)7-14-9-4-5-11(10(12)6-9)17(13,15)16/h4-6,8,14H,3,7,12H2,1-2H3,(H2,13,15,16). The van der Waals surface area contributed by atoms with E-state index in [4.69, 9.17) is 10.9 Å². The van der Waals surface area contributed by atoms with Crippen LogP contribution in [0.3, 0.4) is 0 Å². The zero-order chi connectivity index (χ0) is 13.1. The Morgan fingerprint density at radius 3 is 2.53 bits per heavy atom. The molecule has 1 unspecified atom stereocenters. The van der Waals surface area contributed by atoms with Crippen molar-refractivity contribution in [2.75, 3.05) is 17.6 Å². The third-order valence-electron chi connectivity index (χ3n) is 2.67. The van der Waals surface area contributed by atoms with E-state index in [1.54, 1.807) is 12.1 Å². The number of nitrogen functional groups attached to an aromatic ring is 1. The fourth-order valence-corrected chi connectivity index (χ4v) is 2.00. The predicted molar refractivity (Wildman–Crippen MR) is 70.2 cm³/mol. The molecular formula is C11H19N3O2S. The molecule has 0 aromatic heterocycles. The van der Waals surface area contributed by atoms with Crippen molar-refractivity contribution in [2.24, 2.45) is 11.1 Å². The average molecular weight is 257 g/mol. The van der Waals surface area contributed by atoms with Gasteiger partial charge in [0.15, 0.2) is 0 Å². The second-order valence-corrected chi connectivity index (χ2v) is 5.72. The summed E-state index contributed by atoms with van der Waals surface area (Å²) in [6, 6.07) is 4.67. The molecule has 1 rings (SSSR count). The lowest BCUT2D eigenvalue weighted by Crippen LogP contribution is -2.15. The van der Waals surface area contributed by atoms with Crippen LogP contribution < -0.4 is 16.2 Å². The monoisotopic (exact) mass is 257 g/mol. The predicted octanol–water partition coefficient (Wildman–Crippen LogP) is 1.37. The van der Waals surface area contributed by atoms with Gasteiger partial charge in [0.1, 0.15) is 4.90 Å². The summed E-state index contributed by atoms with van der Waals surface area (Å²) in [5.41, 5.74) is 6.62. The number of rotatable bonds is 5. The Bertz CT molecular complexity index is 485. The number of nitrogens with two attached hydrogens (primary N) is 2. The summed E-state index contributed by atoms with van der Waals surface area (Å²) in [7, 11) is -3.74. The molecule has 0 amide bonds. The molecule has 0 saturated carbocycles. The van der Waals surface area contributed by atoms with E-state index in [0.29, 0.717) is 5.92 Å². The normalized spacial score (nSPS) is 13.4. The molecule has 1 aromatic carbocycles. The summed E-state index contributed by atoms with van der Waals surface area (Å²) < 4.78 is 22.3. The van der Waals surface area contributed by atoms with E-state index in [1.165, 1.54) is 6.07 Å². The van der Waals surface area contributed by atoms with Crippen LogP contribution in [0.1, 0.15) is 20.3 Å². The van der Waals surface area contributed by atoms with Gasteiger partial charge >= 0.3 is 0 Å². The quantitative estimate of drug-likeness (QED) is 0.694. The number of anilines is 2. The smallest absolute Gasteiger partial charge is 0.240 e. The highest BCUT2D eigenvalue weighted by molar-refractivity contribution is 7.89. The molecule has 5 N–H and O–H groups in total. The van der Waals surface area contributed by atoms with Crippen LogP contribution in [0.15, 0.2) is 23.1 Å². The minimum atomic E-state index is -3.74. The first kappa shape index (κ1) is 13.8. The number of benzene rings is 1. The van der Waals surface area contributed by atoms with Crippen LogP contribution >= 0.6 is 0 Å². The molecule has 0 radical (unpaired) electrons. The van der Waals surface area contributed by atoms with Gasteiger partial charge in [0, 0.05) is 12.2 Å². The molecule has 1 aromatic rings. The minimum Gasteiger partial charge on any atom is -0.398 e. The first-order valence-electron chi connectivity index (χ1n) is 5.50. The second-order valence-electron chi connectivity index (χ2n) is 4.19. The molecule has 0 fully saturated rings. The van der Waals surface area contributed by atoms with Crippen LogP contribution in [0, 0.1) is 5.92 Å². The number of sulfonamides is 1. The van der Waals surface area contributed by atoms with Crippen molar-refractivity contribution in [3.05, 3.63) is 18.2 Å². The molecule has 6 heteroatoms. The van der Waals surface area contributed by atoms with Crippen molar-refractivity contribution in [3.8, 4) is 0 Å². The van der Waals surface area contributed by atoms with Crippen LogP contribution in [0.2, 0.25) is 0 Å². The van der Waals surface area contributed by atoms with E-state index in [1.807, 2.05) is 0 Å². The highest BCUT2D eigenvalue weighted by atomic mass is 32.2. The molecule has 0 saturated heterocycles. The van der Waals surface area contributed by atoms with Gasteiger partial charge in [0.2, 0.25) is 10.0 Å². The lowest BCUT2D eigenvalue weighted by atomic mass is 10.1. The van der Waals surface area contributed by atoms with E-state index in [2.05, 4.69) is 19.2 Å². The van der Waals surface area contributed by atoms with Gasteiger partial charge in [-0.3, -0.25) is 0 Å². The molecule has 0 aliphatic carbocycles. The Labute approximate surface area is 102 Å². The number of hydrogen-bond donors (Lipinski definition) is 3. The Kier molecular flexibility index (Phi) is 4.36. The van der Waals surface area contributed by atoms with Gasteiger partial charge < -0.3 is 11.1 Å². The van der Waals surface area contributed by atoms with E-state index < -0.39 is 10.0 Å². The zero-order valence-electron chi connectivity index (χ0n) is 10.1. The van der Waals surface area contributed by atoms with Gasteiger partial charge in [-0.2, -0.15) is 0 Å². The number of nitrogens with one attached hydrogen (secondary N) is 1. The van der Waals surface area contributed by atoms with Crippen molar-refractivity contribution in [2.45, 2.75) is 25.2 Å². The first-order valence-corrected chi connectivity index (χ1v) is 7.05. The fourth-order valence-electron chi connectivity index (χ4n) is 1.35. The van der Waals surface area contributed by atoms with Crippen LogP contribution in [-0.2, 0) is 10.0 Å². The van der Waals surface area contributed by atoms with Crippen molar-refractivity contribution < 1.29 is 8.42 Å². The maximum atomic E-state index is 11.2. The number of primary sulfonamides is 1. The van der Waals surface area contributed by atoms with Crippen molar-refractivity contribution in [1.29, 1.82) is 0 Å². The summed E-state index contributed by atoms with van der Waals surface area (Å²) in [5.74, 6) is 0.550. The molecule has 5 nitrogen and oxygen atoms in total. The van der Waals surface area contributed by atoms with Crippen LogP contribution in [0.25, 0.3) is 0 Å². The molecule has 17 heavy (non-hydrogen) atoms. The molecule has 0 heterocycles. The zero-order valence-corrected chi connectivity index (χ0v) is 10.9. The van der Waals surface area contributed by atoms with Crippen molar-refractivity contribution in [3.63, 3.8) is 0 Å². The Morgan fingerprint density at radius 1 is 1.41 bits per heavy atom. The van der Waals surface area contributed by atoms with Gasteiger partial charge in [-0.25, -0.2) is 13.6 Å². The van der Waals surface area contributed by atoms with Gasteiger partial charge in [-0.05, 0) is 24.1 Å².